The molecule has 0 aliphatic carbocycles. The monoisotopic (exact) mass is 1300 g/mol. The number of carbonyl (C=O) groups is 10. The predicted octanol–water partition coefficient (Wildman–Crippen LogP) is 3.93. The molecule has 90 heavy (non-hydrogen) atoms. The summed E-state index contributed by atoms with van der Waals surface area (Å²) < 4.78 is 47.7. The van der Waals surface area contributed by atoms with E-state index in [9.17, 15) is 61.5 Å². The second-order valence-corrected chi connectivity index (χ2v) is 23.5. The van der Waals surface area contributed by atoms with E-state index in [2.05, 4.69) is 46.6 Å². The number of ether oxygens (including phenoxy) is 4. The first-order valence-electron chi connectivity index (χ1n) is 31.5. The van der Waals surface area contributed by atoms with Gasteiger partial charge in [-0.15, -0.1) is 10.2 Å². The fraction of sp³-hybridized carbons (Fsp3) is 0.717. The first kappa shape index (κ1) is 81.0. The highest BCUT2D eigenvalue weighted by molar-refractivity contribution is 7.90. The summed E-state index contributed by atoms with van der Waals surface area (Å²) in [5.74, 6) is -6.21. The summed E-state index contributed by atoms with van der Waals surface area (Å²) in [5, 5.41) is 42.6. The Morgan fingerprint density at radius 1 is 0.567 bits per heavy atom. The number of anilines is 1. The molecule has 2 aromatic rings. The van der Waals surface area contributed by atoms with Crippen molar-refractivity contribution in [3.63, 3.8) is 0 Å². The highest BCUT2D eigenvalue weighted by atomic mass is 32.2. The van der Waals surface area contributed by atoms with Crippen LogP contribution in [0.5, 0.6) is 0 Å². The van der Waals surface area contributed by atoms with E-state index in [-0.39, 0.29) is 114 Å². The summed E-state index contributed by atoms with van der Waals surface area (Å²) in [4.78, 5) is 118. The number of aliphatic carboxylic acids is 2. The molecule has 0 fully saturated rings. The quantitative estimate of drug-likeness (QED) is 0.0331. The van der Waals surface area contributed by atoms with E-state index in [1.165, 1.54) is 44.9 Å². The predicted molar refractivity (Wildman–Crippen MR) is 333 cm³/mol. The third-order valence-corrected chi connectivity index (χ3v) is 15.2. The van der Waals surface area contributed by atoms with Crippen LogP contribution in [0.15, 0.2) is 24.3 Å². The Morgan fingerprint density at radius 3 is 1.74 bits per heavy atom. The van der Waals surface area contributed by atoms with Gasteiger partial charge in [-0.05, 0) is 82.1 Å². The maximum Gasteiger partial charge on any atom is 0.326 e. The van der Waals surface area contributed by atoms with Gasteiger partial charge in [-0.25, -0.2) is 13.2 Å². The van der Waals surface area contributed by atoms with Crippen LogP contribution in [0.3, 0.4) is 0 Å². The number of ketones is 2. The van der Waals surface area contributed by atoms with Crippen molar-refractivity contribution in [1.82, 2.24) is 46.6 Å². The Balaban J connectivity index is 0.00000104. The first-order chi connectivity index (χ1) is 43.2. The third-order valence-electron chi connectivity index (χ3n) is 13.9. The number of nitrogens with one attached hydrogen (secondary N) is 6. The van der Waals surface area contributed by atoms with Crippen molar-refractivity contribution < 1.29 is 85.5 Å². The molecule has 1 aromatic carbocycles. The summed E-state index contributed by atoms with van der Waals surface area (Å²) in [6.07, 6.45) is 18.2. The molecule has 0 saturated heterocycles. The van der Waals surface area contributed by atoms with E-state index in [1.54, 1.807) is 31.2 Å². The SMILES string of the molecule is CCC(=O)CCCOCCOCC(=O)N[C@@H](CCCCNC(=O)c1ccc(N)cc1)C(N)=O.CCC(NC(=O)CC[C@H](CC(=O)COCCOCCNC(=O)CCCS(=O)(=O)NC(=O)CCCCCCCCCCCCCCCc1nn[nH]n1)C(=O)O)C(=O)O. The first-order valence-corrected chi connectivity index (χ1v) is 33.1. The maximum absolute atomic E-state index is 12.3. The molecule has 2 rings (SSSR count). The van der Waals surface area contributed by atoms with Crippen molar-refractivity contribution in [2.75, 3.05) is 77.4 Å². The number of carboxylic acids is 2. The van der Waals surface area contributed by atoms with E-state index < -0.39 is 69.4 Å². The van der Waals surface area contributed by atoms with Crippen LogP contribution in [0.4, 0.5) is 5.69 Å². The summed E-state index contributed by atoms with van der Waals surface area (Å²) in [6.45, 7) is 4.71. The molecule has 0 radical (unpaired) electrons. The van der Waals surface area contributed by atoms with Gasteiger partial charge in [0, 0.05) is 75.9 Å². The Morgan fingerprint density at radius 2 is 1.16 bits per heavy atom. The normalized spacial score (nSPS) is 12.1. The van der Waals surface area contributed by atoms with Crippen LogP contribution in [0.2, 0.25) is 0 Å². The van der Waals surface area contributed by atoms with E-state index >= 15 is 0 Å². The number of aromatic nitrogens is 4. The number of carboxylic acid groups (broad SMARTS) is 2. The molecule has 12 N–H and O–H groups in total. The molecule has 0 spiro atoms. The number of unbranched alkanes of at least 4 members (excludes halogenated alkanes) is 13. The molecule has 0 aliphatic rings. The lowest BCUT2D eigenvalue weighted by atomic mass is 9.97. The van der Waals surface area contributed by atoms with Crippen LogP contribution in [0, 0.1) is 5.92 Å². The zero-order chi connectivity index (χ0) is 66.6. The number of aromatic amines is 1. The number of primary amides is 1. The number of nitrogen functional groups attached to an aromatic ring is 1. The van der Waals surface area contributed by atoms with E-state index in [4.69, 9.17) is 35.5 Å². The van der Waals surface area contributed by atoms with Gasteiger partial charge in [-0.2, -0.15) is 5.21 Å². The van der Waals surface area contributed by atoms with E-state index in [0.717, 1.165) is 44.3 Å². The zero-order valence-corrected chi connectivity index (χ0v) is 53.6. The lowest BCUT2D eigenvalue weighted by Gasteiger charge is -2.15. The molecular weight excluding hydrogens is 1190 g/mol. The number of carbonyl (C=O) groups excluding carboxylic acids is 8. The molecule has 510 valence electrons. The van der Waals surface area contributed by atoms with Gasteiger partial charge in [0.15, 0.2) is 11.6 Å². The van der Waals surface area contributed by atoms with Crippen LogP contribution < -0.4 is 37.5 Å². The molecule has 0 aliphatic heterocycles. The molecule has 1 unspecified atom stereocenters. The number of hydrogen-bond acceptors (Lipinski definition) is 20. The average molecular weight is 1300 g/mol. The second kappa shape index (κ2) is 51.7. The standard InChI is InChI=1S/C37H65N7O12S.C23H36N4O6/c1-2-31(37(51)52)39-34(47)21-20-29(36(49)50)27-30(45)28-56-25-24-55-23-22-38-33(46)19-16-26-57(53,54)42-35(48)18-15-13-11-9-7-5-3-4-6-8-10-12-14-17-32-40-43-44-41-32;1-2-19(28)6-5-13-32-14-15-33-16-21(29)27-20(22(25)30)7-3-4-12-26-23(31)17-8-10-18(24)11-9-17/h29,31H,2-28H2,1H3,(H,38,46)(H,39,47)(H,42,48)(H,49,50)(H,51,52)(H,40,41,43,44);8-11,20H,2-7,12-16,24H2,1H3,(H2,25,30)(H,26,31)(H,27,29)/t29-,31?;20-/m10/s1. The molecule has 1 heterocycles. The molecule has 30 heteroatoms. The van der Waals surface area contributed by atoms with Crippen molar-refractivity contribution in [1.29, 1.82) is 0 Å². The van der Waals surface area contributed by atoms with Crippen molar-refractivity contribution in [2.45, 2.75) is 199 Å². The molecule has 6 amide bonds. The number of H-pyrrole nitrogens is 1. The van der Waals surface area contributed by atoms with Crippen LogP contribution >= 0.6 is 0 Å². The molecule has 1 aromatic heterocycles. The van der Waals surface area contributed by atoms with Crippen molar-refractivity contribution >= 4 is 74.7 Å². The summed E-state index contributed by atoms with van der Waals surface area (Å²) in [5.41, 5.74) is 12.1. The number of hydrogen-bond donors (Lipinski definition) is 10. The molecule has 0 bridgehead atoms. The van der Waals surface area contributed by atoms with Gasteiger partial charge in [0.1, 0.15) is 31.1 Å². The number of sulfonamides is 1. The fourth-order valence-electron chi connectivity index (χ4n) is 8.68. The molecule has 0 saturated carbocycles. The van der Waals surface area contributed by atoms with Crippen molar-refractivity contribution in [3.05, 3.63) is 35.7 Å². The van der Waals surface area contributed by atoms with Crippen LogP contribution in [-0.2, 0) is 78.5 Å². The van der Waals surface area contributed by atoms with Gasteiger partial charge >= 0.3 is 11.9 Å². The Bertz CT molecular complexity index is 2490. The number of rotatable bonds is 56. The molecular formula is C60H101N11O18S. The van der Waals surface area contributed by atoms with Crippen molar-refractivity contribution in [2.24, 2.45) is 11.7 Å². The van der Waals surface area contributed by atoms with Gasteiger partial charge in [0.2, 0.25) is 39.6 Å². The largest absolute Gasteiger partial charge is 0.481 e. The smallest absolute Gasteiger partial charge is 0.326 e. The van der Waals surface area contributed by atoms with Crippen LogP contribution in [0.1, 0.15) is 197 Å². The van der Waals surface area contributed by atoms with Gasteiger partial charge in [-0.1, -0.05) is 89.7 Å². The maximum atomic E-state index is 12.3. The Kier molecular flexibility index (Phi) is 46.5. The van der Waals surface area contributed by atoms with E-state index in [0.29, 0.717) is 76.0 Å². The number of amides is 6. The van der Waals surface area contributed by atoms with Gasteiger partial charge in [0.05, 0.1) is 44.7 Å². The van der Waals surface area contributed by atoms with Gasteiger partial charge < -0.3 is 61.9 Å². The minimum Gasteiger partial charge on any atom is -0.481 e. The summed E-state index contributed by atoms with van der Waals surface area (Å²) in [6, 6.07) is 4.73. The number of nitrogens with two attached hydrogens (primary N) is 2. The number of Topliss-reactive ketones (excluding diaryl/α,β-unsaturated/α-hetero) is 2. The number of nitrogens with zero attached hydrogens (tertiary/aromatic N) is 3. The highest BCUT2D eigenvalue weighted by Crippen LogP contribution is 2.15. The second-order valence-electron chi connectivity index (χ2n) is 21.6. The van der Waals surface area contributed by atoms with Crippen LogP contribution in [-0.4, -0.2) is 182 Å². The molecule has 29 nitrogen and oxygen atoms in total. The average Bonchev–Trinajstić information content (AvgIpc) is 3.50. The summed E-state index contributed by atoms with van der Waals surface area (Å²) in [7, 11) is -3.84. The van der Waals surface area contributed by atoms with Crippen molar-refractivity contribution in [3.8, 4) is 0 Å². The number of benzene rings is 1. The lowest BCUT2D eigenvalue weighted by molar-refractivity contribution is -0.145. The minimum atomic E-state index is -3.84. The number of tetrazole rings is 1. The Labute approximate surface area is 528 Å². The molecule has 3 atom stereocenters. The van der Waals surface area contributed by atoms with Gasteiger partial charge in [-0.3, -0.25) is 47.9 Å². The Hall–Kier alpha value is -7.02. The third kappa shape index (κ3) is 45.3. The van der Waals surface area contributed by atoms with Gasteiger partial charge in [0.25, 0.3) is 5.91 Å². The fourth-order valence-corrected chi connectivity index (χ4v) is 9.76. The van der Waals surface area contributed by atoms with E-state index in [1.807, 2.05) is 6.92 Å². The zero-order valence-electron chi connectivity index (χ0n) is 52.7. The van der Waals surface area contributed by atoms with Crippen LogP contribution in [0.25, 0.3) is 0 Å². The minimum absolute atomic E-state index is 0.0326. The highest BCUT2D eigenvalue weighted by Gasteiger charge is 2.25. The topological polar surface area (TPSA) is 449 Å². The number of aryl methyl sites for hydroxylation is 1. The summed E-state index contributed by atoms with van der Waals surface area (Å²) >= 11 is 0. The lowest BCUT2D eigenvalue weighted by Crippen LogP contribution is -2.45.